The maximum absolute atomic E-state index is 5.94. The summed E-state index contributed by atoms with van der Waals surface area (Å²) in [6, 6.07) is 6.66. The second kappa shape index (κ2) is 4.09. The molecule has 0 saturated heterocycles. The summed E-state index contributed by atoms with van der Waals surface area (Å²) in [6.07, 6.45) is 5.00. The molecule has 3 rings (SSSR count). The van der Waals surface area contributed by atoms with E-state index in [1.54, 1.807) is 0 Å². The molecule has 1 aromatic carbocycles. The van der Waals surface area contributed by atoms with Gasteiger partial charge in [0.15, 0.2) is 0 Å². The Morgan fingerprint density at radius 1 is 1.39 bits per heavy atom. The van der Waals surface area contributed by atoms with Crippen molar-refractivity contribution in [3.63, 3.8) is 0 Å². The van der Waals surface area contributed by atoms with Crippen LogP contribution in [0.4, 0.5) is 0 Å². The summed E-state index contributed by atoms with van der Waals surface area (Å²) in [5.41, 5.74) is 10.0. The Labute approximate surface area is 108 Å². The summed E-state index contributed by atoms with van der Waals surface area (Å²) in [5.74, 6) is 1.07. The van der Waals surface area contributed by atoms with Crippen LogP contribution in [0.3, 0.4) is 0 Å². The SMILES string of the molecule is Cc1nc2cc(CC3(CN)CCC3)ccc2n1C. The van der Waals surface area contributed by atoms with Crippen LogP contribution in [0.15, 0.2) is 18.2 Å². The zero-order chi connectivity index (χ0) is 12.8. The Morgan fingerprint density at radius 2 is 2.17 bits per heavy atom. The Bertz CT molecular complexity index is 573. The number of aryl methyl sites for hydroxylation is 2. The van der Waals surface area contributed by atoms with Gasteiger partial charge in [-0.05, 0) is 55.8 Å². The standard InChI is InChI=1S/C15H21N3/c1-11-17-13-8-12(4-5-14(13)18(11)2)9-15(10-16)6-3-7-15/h4-5,8H,3,6-7,9-10,16H2,1-2H3. The van der Waals surface area contributed by atoms with E-state index >= 15 is 0 Å². The lowest BCUT2D eigenvalue weighted by Crippen LogP contribution is -2.39. The number of imidazole rings is 1. The molecule has 1 aliphatic rings. The normalized spacial score (nSPS) is 17.9. The largest absolute Gasteiger partial charge is 0.331 e. The van der Waals surface area contributed by atoms with Gasteiger partial charge in [0.1, 0.15) is 5.82 Å². The van der Waals surface area contributed by atoms with E-state index in [1.165, 1.54) is 30.3 Å². The van der Waals surface area contributed by atoms with Crippen molar-refractivity contribution in [3.8, 4) is 0 Å². The molecule has 18 heavy (non-hydrogen) atoms. The minimum Gasteiger partial charge on any atom is -0.331 e. The summed E-state index contributed by atoms with van der Waals surface area (Å²) < 4.78 is 2.14. The van der Waals surface area contributed by atoms with Crippen LogP contribution in [-0.4, -0.2) is 16.1 Å². The number of hydrogen-bond donors (Lipinski definition) is 1. The Hall–Kier alpha value is -1.35. The third kappa shape index (κ3) is 1.74. The predicted octanol–water partition coefficient (Wildman–Crippen LogP) is 2.55. The highest BCUT2D eigenvalue weighted by molar-refractivity contribution is 5.76. The fourth-order valence-electron chi connectivity index (χ4n) is 3.04. The van der Waals surface area contributed by atoms with Crippen molar-refractivity contribution in [3.05, 3.63) is 29.6 Å². The molecule has 0 amide bonds. The van der Waals surface area contributed by atoms with Crippen molar-refractivity contribution in [1.82, 2.24) is 9.55 Å². The third-order valence-corrected chi connectivity index (χ3v) is 4.60. The number of nitrogens with zero attached hydrogens (tertiary/aromatic N) is 2. The average molecular weight is 243 g/mol. The highest BCUT2D eigenvalue weighted by Gasteiger charge is 2.35. The van der Waals surface area contributed by atoms with Crippen LogP contribution >= 0.6 is 0 Å². The molecule has 2 N–H and O–H groups in total. The van der Waals surface area contributed by atoms with Gasteiger partial charge in [-0.1, -0.05) is 12.5 Å². The van der Waals surface area contributed by atoms with Gasteiger partial charge in [-0.25, -0.2) is 4.98 Å². The Balaban J connectivity index is 1.94. The third-order valence-electron chi connectivity index (χ3n) is 4.60. The summed E-state index contributed by atoms with van der Waals surface area (Å²) in [7, 11) is 2.07. The van der Waals surface area contributed by atoms with Crippen LogP contribution in [0.25, 0.3) is 11.0 Å². The number of aromatic nitrogens is 2. The molecule has 96 valence electrons. The van der Waals surface area contributed by atoms with Crippen molar-refractivity contribution < 1.29 is 0 Å². The second-order valence-electron chi connectivity index (χ2n) is 5.78. The predicted molar refractivity (Wildman–Crippen MR) is 74.5 cm³/mol. The maximum Gasteiger partial charge on any atom is 0.106 e. The van der Waals surface area contributed by atoms with Gasteiger partial charge >= 0.3 is 0 Å². The first kappa shape index (κ1) is 11.7. The number of fused-ring (bicyclic) bond motifs is 1. The molecule has 3 nitrogen and oxygen atoms in total. The smallest absolute Gasteiger partial charge is 0.106 e. The molecule has 1 saturated carbocycles. The highest BCUT2D eigenvalue weighted by atomic mass is 15.0. The summed E-state index contributed by atoms with van der Waals surface area (Å²) in [4.78, 5) is 4.60. The van der Waals surface area contributed by atoms with Crippen molar-refractivity contribution in [2.24, 2.45) is 18.2 Å². The maximum atomic E-state index is 5.94. The van der Waals surface area contributed by atoms with Crippen molar-refractivity contribution >= 4 is 11.0 Å². The molecule has 2 aromatic rings. The van der Waals surface area contributed by atoms with Gasteiger partial charge in [-0.2, -0.15) is 0 Å². The van der Waals surface area contributed by atoms with E-state index in [1.807, 2.05) is 6.92 Å². The minimum absolute atomic E-state index is 0.373. The molecule has 1 aromatic heterocycles. The average Bonchev–Trinajstić information content (AvgIpc) is 2.60. The highest BCUT2D eigenvalue weighted by Crippen LogP contribution is 2.42. The van der Waals surface area contributed by atoms with Crippen molar-refractivity contribution in [2.75, 3.05) is 6.54 Å². The lowest BCUT2D eigenvalue weighted by atomic mass is 9.65. The minimum atomic E-state index is 0.373. The van der Waals surface area contributed by atoms with Gasteiger partial charge in [-0.15, -0.1) is 0 Å². The van der Waals surface area contributed by atoms with E-state index < -0.39 is 0 Å². The first-order valence-corrected chi connectivity index (χ1v) is 6.76. The molecule has 0 radical (unpaired) electrons. The lowest BCUT2D eigenvalue weighted by molar-refractivity contribution is 0.145. The van der Waals surface area contributed by atoms with E-state index in [4.69, 9.17) is 5.73 Å². The fraction of sp³-hybridized carbons (Fsp3) is 0.533. The van der Waals surface area contributed by atoms with E-state index in [-0.39, 0.29) is 0 Å². The fourth-order valence-corrected chi connectivity index (χ4v) is 3.04. The van der Waals surface area contributed by atoms with Gasteiger partial charge in [0.2, 0.25) is 0 Å². The van der Waals surface area contributed by atoms with Crippen LogP contribution in [0, 0.1) is 12.3 Å². The second-order valence-corrected chi connectivity index (χ2v) is 5.78. The van der Waals surface area contributed by atoms with Crippen LogP contribution in [0.1, 0.15) is 30.7 Å². The van der Waals surface area contributed by atoms with E-state index in [9.17, 15) is 0 Å². The summed E-state index contributed by atoms with van der Waals surface area (Å²) >= 11 is 0. The van der Waals surface area contributed by atoms with E-state index in [2.05, 4.69) is 34.8 Å². The van der Waals surface area contributed by atoms with Crippen LogP contribution in [0.5, 0.6) is 0 Å². The summed E-state index contributed by atoms with van der Waals surface area (Å²) in [5, 5.41) is 0. The Morgan fingerprint density at radius 3 is 2.78 bits per heavy atom. The van der Waals surface area contributed by atoms with E-state index in [0.29, 0.717) is 5.41 Å². The molecule has 0 bridgehead atoms. The number of hydrogen-bond acceptors (Lipinski definition) is 2. The van der Waals surface area contributed by atoms with Crippen LogP contribution in [0.2, 0.25) is 0 Å². The van der Waals surface area contributed by atoms with Gasteiger partial charge in [-0.3, -0.25) is 0 Å². The molecule has 3 heteroatoms. The molecule has 1 fully saturated rings. The number of nitrogens with two attached hydrogens (primary N) is 1. The molecular weight excluding hydrogens is 222 g/mol. The van der Waals surface area contributed by atoms with Crippen LogP contribution in [-0.2, 0) is 13.5 Å². The van der Waals surface area contributed by atoms with Crippen molar-refractivity contribution in [1.29, 1.82) is 0 Å². The molecular formula is C15H21N3. The van der Waals surface area contributed by atoms with Crippen LogP contribution < -0.4 is 5.73 Å². The molecule has 0 spiro atoms. The molecule has 0 unspecified atom stereocenters. The Kier molecular flexibility index (Phi) is 2.67. The summed E-state index contributed by atoms with van der Waals surface area (Å²) in [6.45, 7) is 2.86. The molecule has 0 aliphatic heterocycles. The molecule has 1 aliphatic carbocycles. The van der Waals surface area contributed by atoms with Gasteiger partial charge in [0.05, 0.1) is 11.0 Å². The number of benzene rings is 1. The zero-order valence-corrected chi connectivity index (χ0v) is 11.2. The molecule has 1 heterocycles. The van der Waals surface area contributed by atoms with E-state index in [0.717, 1.165) is 24.3 Å². The molecule has 0 atom stereocenters. The number of rotatable bonds is 3. The first-order valence-electron chi connectivity index (χ1n) is 6.76. The monoisotopic (exact) mass is 243 g/mol. The topological polar surface area (TPSA) is 43.8 Å². The van der Waals surface area contributed by atoms with Gasteiger partial charge < -0.3 is 10.3 Å². The first-order chi connectivity index (χ1) is 8.63. The van der Waals surface area contributed by atoms with Gasteiger partial charge in [0, 0.05) is 7.05 Å². The van der Waals surface area contributed by atoms with Crippen molar-refractivity contribution in [2.45, 2.75) is 32.6 Å². The quantitative estimate of drug-likeness (QED) is 0.900. The lowest BCUT2D eigenvalue weighted by Gasteiger charge is -2.41. The van der Waals surface area contributed by atoms with Gasteiger partial charge in [0.25, 0.3) is 0 Å². The zero-order valence-electron chi connectivity index (χ0n) is 11.2.